The molecule has 1 aromatic carbocycles. The third-order valence-corrected chi connectivity index (χ3v) is 2.45. The Hall–Kier alpha value is -0.540. The summed E-state index contributed by atoms with van der Waals surface area (Å²) in [5, 5.41) is 0.359. The zero-order chi connectivity index (χ0) is 10.0. The van der Waals surface area contributed by atoms with E-state index >= 15 is 0 Å². The molecule has 0 N–H and O–H groups in total. The van der Waals surface area contributed by atoms with Crippen LogP contribution in [0.25, 0.3) is 0 Å². The molecule has 4 heteroatoms. The molecule has 0 amide bonds. The molecule has 0 saturated carbocycles. The van der Waals surface area contributed by atoms with Gasteiger partial charge in [-0.05, 0) is 19.1 Å². The van der Waals surface area contributed by atoms with Crippen LogP contribution in [-0.2, 0) is 0 Å². The van der Waals surface area contributed by atoms with Crippen molar-refractivity contribution in [1.29, 1.82) is 0 Å². The lowest BCUT2D eigenvalue weighted by molar-refractivity contribution is 0.101. The van der Waals surface area contributed by atoms with Crippen LogP contribution in [0, 0.1) is 0 Å². The van der Waals surface area contributed by atoms with Gasteiger partial charge in [0.2, 0.25) is 0 Å². The number of rotatable bonds is 2. The van der Waals surface area contributed by atoms with Gasteiger partial charge >= 0.3 is 0 Å². The summed E-state index contributed by atoms with van der Waals surface area (Å²) in [6.07, 6.45) is 0. The fourth-order valence-electron chi connectivity index (χ4n) is 0.969. The Bertz CT molecular complexity index is 350. The second kappa shape index (κ2) is 4.11. The molecule has 1 rings (SSSR count). The second-order valence-corrected chi connectivity index (χ2v) is 3.82. The Labute approximate surface area is 90.0 Å². The molecule has 13 heavy (non-hydrogen) atoms. The minimum Gasteiger partial charge on any atom is -0.495 e. The molecule has 2 nitrogen and oxygen atoms in total. The zero-order valence-electron chi connectivity index (χ0n) is 7.23. The number of hydrogen-bond acceptors (Lipinski definition) is 2. The van der Waals surface area contributed by atoms with Crippen molar-refractivity contribution in [3.63, 3.8) is 0 Å². The van der Waals surface area contributed by atoms with Gasteiger partial charge in [-0.1, -0.05) is 27.5 Å². The first-order valence-electron chi connectivity index (χ1n) is 3.60. The lowest BCUT2D eigenvalue weighted by atomic mass is 10.1. The largest absolute Gasteiger partial charge is 0.495 e. The summed E-state index contributed by atoms with van der Waals surface area (Å²) in [7, 11) is 1.51. The maximum absolute atomic E-state index is 11.1. The van der Waals surface area contributed by atoms with Crippen LogP contribution < -0.4 is 4.74 Å². The number of carbonyl (C=O) groups is 1. The third kappa shape index (κ3) is 2.23. The van der Waals surface area contributed by atoms with E-state index in [2.05, 4.69) is 15.9 Å². The first kappa shape index (κ1) is 10.5. The van der Waals surface area contributed by atoms with Crippen molar-refractivity contribution in [2.24, 2.45) is 0 Å². The van der Waals surface area contributed by atoms with Crippen LogP contribution in [-0.4, -0.2) is 12.9 Å². The second-order valence-electron chi connectivity index (χ2n) is 2.53. The Balaban J connectivity index is 3.35. The number of ether oxygens (including phenoxy) is 1. The Morgan fingerprint density at radius 3 is 2.62 bits per heavy atom. The van der Waals surface area contributed by atoms with Crippen LogP contribution in [0.15, 0.2) is 16.6 Å². The van der Waals surface area contributed by atoms with E-state index in [0.717, 1.165) is 4.47 Å². The lowest BCUT2D eigenvalue weighted by Gasteiger charge is -2.06. The van der Waals surface area contributed by atoms with Crippen LogP contribution in [0.4, 0.5) is 0 Å². The number of ketones is 1. The monoisotopic (exact) mass is 262 g/mol. The van der Waals surface area contributed by atoms with E-state index in [-0.39, 0.29) is 5.78 Å². The summed E-state index contributed by atoms with van der Waals surface area (Å²) in [6, 6.07) is 3.39. The van der Waals surface area contributed by atoms with Crippen LogP contribution >= 0.6 is 27.5 Å². The van der Waals surface area contributed by atoms with E-state index in [9.17, 15) is 4.79 Å². The van der Waals surface area contributed by atoms with Crippen molar-refractivity contribution < 1.29 is 9.53 Å². The molecule has 1 aromatic rings. The first-order valence-corrected chi connectivity index (χ1v) is 4.77. The summed E-state index contributed by atoms with van der Waals surface area (Å²) in [6.45, 7) is 1.47. The highest BCUT2D eigenvalue weighted by atomic mass is 79.9. The predicted molar refractivity (Wildman–Crippen MR) is 55.7 cm³/mol. The number of methoxy groups -OCH3 is 1. The molecule has 0 aliphatic carbocycles. The van der Waals surface area contributed by atoms with Crippen LogP contribution in [0.2, 0.25) is 5.02 Å². The maximum Gasteiger partial charge on any atom is 0.161 e. The van der Waals surface area contributed by atoms with Gasteiger partial charge in [0.1, 0.15) is 5.75 Å². The molecule has 0 fully saturated rings. The van der Waals surface area contributed by atoms with Crippen molar-refractivity contribution >= 4 is 33.3 Å². The Morgan fingerprint density at radius 2 is 2.15 bits per heavy atom. The standard InChI is InChI=1S/C9H8BrClO2/c1-5(12)7-3-6(10)4-8(13-2)9(7)11/h3-4H,1-2H3. The third-order valence-electron chi connectivity index (χ3n) is 1.60. The van der Waals surface area contributed by atoms with E-state index in [4.69, 9.17) is 16.3 Å². The smallest absolute Gasteiger partial charge is 0.161 e. The highest BCUT2D eigenvalue weighted by Gasteiger charge is 2.11. The van der Waals surface area contributed by atoms with Gasteiger partial charge in [-0.3, -0.25) is 4.79 Å². The van der Waals surface area contributed by atoms with E-state index in [1.807, 2.05) is 0 Å². The van der Waals surface area contributed by atoms with Crippen LogP contribution in [0.5, 0.6) is 5.75 Å². The molecule has 0 aliphatic heterocycles. The number of carbonyl (C=O) groups excluding carboxylic acids is 1. The van der Waals surface area contributed by atoms with Gasteiger partial charge in [0.25, 0.3) is 0 Å². The van der Waals surface area contributed by atoms with Crippen molar-refractivity contribution in [3.8, 4) is 5.75 Å². The van der Waals surface area contributed by atoms with Gasteiger partial charge in [0, 0.05) is 10.0 Å². The fourth-order valence-corrected chi connectivity index (χ4v) is 1.73. The highest BCUT2D eigenvalue weighted by molar-refractivity contribution is 9.10. The minimum atomic E-state index is -0.0791. The fraction of sp³-hybridized carbons (Fsp3) is 0.222. The van der Waals surface area contributed by atoms with Crippen LogP contribution in [0.1, 0.15) is 17.3 Å². The predicted octanol–water partition coefficient (Wildman–Crippen LogP) is 3.31. The number of hydrogen-bond donors (Lipinski definition) is 0. The summed E-state index contributed by atoms with van der Waals surface area (Å²) in [4.78, 5) is 11.1. The average Bonchev–Trinajstić information content (AvgIpc) is 2.08. The van der Waals surface area contributed by atoms with E-state index in [1.165, 1.54) is 14.0 Å². The van der Waals surface area contributed by atoms with E-state index < -0.39 is 0 Å². The SMILES string of the molecule is COc1cc(Br)cc(C(C)=O)c1Cl. The van der Waals surface area contributed by atoms with Gasteiger partial charge in [-0.15, -0.1) is 0 Å². The molecular formula is C9H8BrClO2. The molecule has 0 atom stereocenters. The Kier molecular flexibility index (Phi) is 3.33. The molecule has 0 unspecified atom stereocenters. The molecular weight excluding hydrogens is 255 g/mol. The van der Waals surface area contributed by atoms with Gasteiger partial charge in [-0.2, -0.15) is 0 Å². The van der Waals surface area contributed by atoms with Crippen molar-refractivity contribution in [3.05, 3.63) is 27.2 Å². The minimum absolute atomic E-state index is 0.0791. The summed E-state index contributed by atoms with van der Waals surface area (Å²) < 4.78 is 5.78. The van der Waals surface area contributed by atoms with E-state index in [0.29, 0.717) is 16.3 Å². The van der Waals surface area contributed by atoms with E-state index in [1.54, 1.807) is 12.1 Å². The van der Waals surface area contributed by atoms with Gasteiger partial charge in [-0.25, -0.2) is 0 Å². The number of benzene rings is 1. The molecule has 0 aromatic heterocycles. The van der Waals surface area contributed by atoms with Crippen molar-refractivity contribution in [2.75, 3.05) is 7.11 Å². The summed E-state index contributed by atoms with van der Waals surface area (Å²) in [5.41, 5.74) is 0.466. The van der Waals surface area contributed by atoms with Gasteiger partial charge < -0.3 is 4.74 Å². The molecule has 70 valence electrons. The lowest BCUT2D eigenvalue weighted by Crippen LogP contribution is -1.96. The van der Waals surface area contributed by atoms with Crippen molar-refractivity contribution in [2.45, 2.75) is 6.92 Å². The molecule has 0 aliphatic rings. The zero-order valence-corrected chi connectivity index (χ0v) is 9.57. The van der Waals surface area contributed by atoms with Crippen molar-refractivity contribution in [1.82, 2.24) is 0 Å². The first-order chi connectivity index (χ1) is 6.06. The molecule has 0 heterocycles. The van der Waals surface area contributed by atoms with Crippen LogP contribution in [0.3, 0.4) is 0 Å². The van der Waals surface area contributed by atoms with Gasteiger partial charge in [0.15, 0.2) is 5.78 Å². The normalized spacial score (nSPS) is 9.85. The maximum atomic E-state index is 11.1. The quantitative estimate of drug-likeness (QED) is 0.765. The molecule has 0 radical (unpaired) electrons. The highest BCUT2D eigenvalue weighted by Crippen LogP contribution is 2.32. The molecule has 0 spiro atoms. The number of halogens is 2. The molecule has 0 bridgehead atoms. The number of Topliss-reactive ketones (excluding diaryl/α,β-unsaturated/α-hetero) is 1. The summed E-state index contributed by atoms with van der Waals surface area (Å²) in [5.74, 6) is 0.422. The molecule has 0 saturated heterocycles. The van der Waals surface area contributed by atoms with Gasteiger partial charge in [0.05, 0.1) is 12.1 Å². The summed E-state index contributed by atoms with van der Waals surface area (Å²) >= 11 is 9.17. The topological polar surface area (TPSA) is 26.3 Å². The average molecular weight is 264 g/mol. The Morgan fingerprint density at radius 1 is 1.54 bits per heavy atom.